The quantitative estimate of drug-likeness (QED) is 0.154. The van der Waals surface area contributed by atoms with Crippen LogP contribution in [0, 0.1) is 5.21 Å². The highest BCUT2D eigenvalue weighted by Crippen LogP contribution is 2.15. The fourth-order valence-corrected chi connectivity index (χ4v) is 3.30. The summed E-state index contributed by atoms with van der Waals surface area (Å²) in [5.74, 6) is -3.40. The Balaban J connectivity index is 1.95. The summed E-state index contributed by atoms with van der Waals surface area (Å²) < 4.78 is 0.632. The summed E-state index contributed by atoms with van der Waals surface area (Å²) in [7, 11) is 0. The van der Waals surface area contributed by atoms with Crippen LogP contribution < -0.4 is 26.4 Å². The van der Waals surface area contributed by atoms with Gasteiger partial charge in [-0.05, 0) is 29.7 Å². The Labute approximate surface area is 200 Å². The van der Waals surface area contributed by atoms with Crippen LogP contribution in [-0.4, -0.2) is 41.4 Å². The van der Waals surface area contributed by atoms with Crippen LogP contribution in [0.2, 0.25) is 5.02 Å². The summed E-state index contributed by atoms with van der Waals surface area (Å²) >= 11 is 5.98. The maximum absolute atomic E-state index is 12.6. The third kappa shape index (κ3) is 8.68. The highest BCUT2D eigenvalue weighted by molar-refractivity contribution is 6.30. The number of aromatic nitrogens is 1. The zero-order valence-corrected chi connectivity index (χ0v) is 19.0. The molecule has 11 nitrogen and oxygen atoms in total. The first-order valence-electron chi connectivity index (χ1n) is 10.4. The molecule has 3 amide bonds. The van der Waals surface area contributed by atoms with E-state index in [2.05, 4.69) is 16.0 Å². The van der Waals surface area contributed by atoms with Crippen molar-refractivity contribution in [3.63, 3.8) is 0 Å². The number of hydrogen-bond donors (Lipinski definition) is 5. The number of amides is 3. The van der Waals surface area contributed by atoms with E-state index in [1.54, 1.807) is 36.4 Å². The summed E-state index contributed by atoms with van der Waals surface area (Å²) in [6.45, 7) is 0.0369. The van der Waals surface area contributed by atoms with E-state index in [0.29, 0.717) is 15.4 Å². The second kappa shape index (κ2) is 13.1. The topological polar surface area (TPSA) is 178 Å². The number of carbonyl (C=O) groups excluding carboxylic acids is 3. The number of nitrogens with zero attached hydrogens (tertiary/aromatic N) is 1. The predicted octanol–water partition coefficient (Wildman–Crippen LogP) is -0.243. The Morgan fingerprint density at radius 1 is 1.09 bits per heavy atom. The third-order valence-electron chi connectivity index (χ3n) is 4.84. The molecule has 182 valence electrons. The van der Waals surface area contributed by atoms with Crippen LogP contribution in [0.1, 0.15) is 29.7 Å². The first kappa shape index (κ1) is 26.6. The van der Waals surface area contributed by atoms with Gasteiger partial charge in [0, 0.05) is 36.7 Å². The Morgan fingerprint density at radius 3 is 2.53 bits per heavy atom. The second-order valence-corrected chi connectivity index (χ2v) is 7.80. The SMILES string of the molecule is NCc1ccc(Cl)cc1CNC(=O)CNC(=O)C(CCc1cccc[n+]1[O-])NC(=O)CC(=O)O. The van der Waals surface area contributed by atoms with Gasteiger partial charge in [0.2, 0.25) is 17.7 Å². The fraction of sp³-hybridized carbons (Fsp3) is 0.318. The minimum Gasteiger partial charge on any atom is -0.619 e. The molecule has 0 fully saturated rings. The molecule has 1 atom stereocenters. The average Bonchev–Trinajstić information content (AvgIpc) is 2.79. The van der Waals surface area contributed by atoms with Crippen molar-refractivity contribution >= 4 is 35.3 Å². The lowest BCUT2D eigenvalue weighted by Gasteiger charge is -2.18. The van der Waals surface area contributed by atoms with Gasteiger partial charge in [0.1, 0.15) is 12.5 Å². The van der Waals surface area contributed by atoms with Crippen LogP contribution in [0.5, 0.6) is 0 Å². The van der Waals surface area contributed by atoms with Gasteiger partial charge in [0.25, 0.3) is 0 Å². The molecule has 2 rings (SSSR count). The molecular weight excluding hydrogens is 466 g/mol. The van der Waals surface area contributed by atoms with Gasteiger partial charge in [-0.15, -0.1) is 0 Å². The standard InChI is InChI=1S/C22H26ClN5O6/c23-16-5-4-14(11-24)15(9-16)12-25-20(30)13-26-22(33)18(27-19(29)10-21(31)32)7-6-17-3-1-2-8-28(17)34/h1-5,8-9,18H,6-7,10-13,24H2,(H,25,30)(H,26,33)(H,27,29)(H,31,32). The number of nitrogens with one attached hydrogen (secondary N) is 3. The number of aliphatic carboxylic acids is 1. The molecule has 2 aromatic rings. The number of halogens is 1. The molecule has 0 spiro atoms. The predicted molar refractivity (Wildman–Crippen MR) is 122 cm³/mol. The van der Waals surface area contributed by atoms with Crippen molar-refractivity contribution in [1.29, 1.82) is 0 Å². The number of hydrogen-bond acceptors (Lipinski definition) is 6. The van der Waals surface area contributed by atoms with Gasteiger partial charge in [0.15, 0.2) is 11.9 Å². The normalized spacial score (nSPS) is 11.4. The lowest BCUT2D eigenvalue weighted by Crippen LogP contribution is -2.49. The smallest absolute Gasteiger partial charge is 0.312 e. The van der Waals surface area contributed by atoms with Crippen LogP contribution >= 0.6 is 11.6 Å². The zero-order valence-electron chi connectivity index (χ0n) is 18.3. The van der Waals surface area contributed by atoms with E-state index in [1.165, 1.54) is 6.20 Å². The molecule has 0 bridgehead atoms. The minimum atomic E-state index is -1.35. The number of carbonyl (C=O) groups is 4. The van der Waals surface area contributed by atoms with Gasteiger partial charge in [-0.3, -0.25) is 19.2 Å². The van der Waals surface area contributed by atoms with Gasteiger partial charge < -0.3 is 32.0 Å². The lowest BCUT2D eigenvalue weighted by atomic mass is 10.1. The van der Waals surface area contributed by atoms with Crippen LogP contribution in [0.15, 0.2) is 42.6 Å². The number of pyridine rings is 1. The van der Waals surface area contributed by atoms with Crippen molar-refractivity contribution < 1.29 is 29.0 Å². The molecule has 0 aliphatic heterocycles. The van der Waals surface area contributed by atoms with Crippen LogP contribution in [-0.2, 0) is 38.7 Å². The van der Waals surface area contributed by atoms with E-state index < -0.39 is 36.2 Å². The van der Waals surface area contributed by atoms with Crippen LogP contribution in [0.3, 0.4) is 0 Å². The Kier molecular flexibility index (Phi) is 10.2. The number of nitrogens with two attached hydrogens (primary N) is 1. The maximum atomic E-state index is 12.6. The van der Waals surface area contributed by atoms with Crippen molar-refractivity contribution in [2.24, 2.45) is 5.73 Å². The van der Waals surface area contributed by atoms with Gasteiger partial charge in [-0.2, -0.15) is 4.73 Å². The molecule has 0 saturated carbocycles. The van der Waals surface area contributed by atoms with Crippen molar-refractivity contribution in [1.82, 2.24) is 16.0 Å². The van der Waals surface area contributed by atoms with Gasteiger partial charge in [-0.25, -0.2) is 0 Å². The molecule has 1 aromatic heterocycles. The summed E-state index contributed by atoms with van der Waals surface area (Å²) in [6, 6.07) is 8.77. The molecule has 0 aliphatic carbocycles. The van der Waals surface area contributed by atoms with Crippen molar-refractivity contribution in [2.75, 3.05) is 6.54 Å². The highest BCUT2D eigenvalue weighted by Gasteiger charge is 2.23. The maximum Gasteiger partial charge on any atom is 0.312 e. The molecule has 1 aromatic carbocycles. The van der Waals surface area contributed by atoms with Gasteiger partial charge >= 0.3 is 5.97 Å². The van der Waals surface area contributed by atoms with Crippen molar-refractivity contribution in [3.8, 4) is 0 Å². The van der Waals surface area contributed by atoms with E-state index in [4.69, 9.17) is 22.4 Å². The zero-order chi connectivity index (χ0) is 25.1. The lowest BCUT2D eigenvalue weighted by molar-refractivity contribution is -0.614. The fourth-order valence-electron chi connectivity index (χ4n) is 3.11. The first-order valence-corrected chi connectivity index (χ1v) is 10.8. The van der Waals surface area contributed by atoms with E-state index in [0.717, 1.165) is 11.1 Å². The number of carboxylic acids is 1. The number of rotatable bonds is 12. The minimum absolute atomic E-state index is 0.0213. The molecule has 34 heavy (non-hydrogen) atoms. The molecule has 0 saturated heterocycles. The molecule has 1 heterocycles. The Hall–Kier alpha value is -3.70. The van der Waals surface area contributed by atoms with Gasteiger partial charge in [-0.1, -0.05) is 23.7 Å². The van der Waals surface area contributed by atoms with Crippen molar-refractivity contribution in [2.45, 2.75) is 38.4 Å². The van der Waals surface area contributed by atoms with E-state index >= 15 is 0 Å². The molecule has 0 aliphatic rings. The summed E-state index contributed by atoms with van der Waals surface area (Å²) in [5, 5.41) is 28.5. The highest BCUT2D eigenvalue weighted by atomic mass is 35.5. The summed E-state index contributed by atoms with van der Waals surface area (Å²) in [6.07, 6.45) is 0.639. The molecular formula is C22H26ClN5O6. The second-order valence-electron chi connectivity index (χ2n) is 7.36. The summed E-state index contributed by atoms with van der Waals surface area (Å²) in [5.41, 5.74) is 7.60. The number of carboxylic acid groups (broad SMARTS) is 1. The van der Waals surface area contributed by atoms with Crippen LogP contribution in [0.25, 0.3) is 0 Å². The number of benzene rings is 1. The number of aryl methyl sites for hydroxylation is 1. The monoisotopic (exact) mass is 491 g/mol. The van der Waals surface area contributed by atoms with E-state index in [1.807, 2.05) is 0 Å². The van der Waals surface area contributed by atoms with Crippen molar-refractivity contribution in [3.05, 3.63) is 69.6 Å². The Bertz CT molecular complexity index is 1050. The largest absolute Gasteiger partial charge is 0.619 e. The third-order valence-corrected chi connectivity index (χ3v) is 5.08. The molecule has 12 heteroatoms. The van der Waals surface area contributed by atoms with Crippen LogP contribution in [0.4, 0.5) is 0 Å². The van der Waals surface area contributed by atoms with E-state index in [-0.39, 0.29) is 32.5 Å². The first-order chi connectivity index (χ1) is 16.2. The molecule has 1 unspecified atom stereocenters. The Morgan fingerprint density at radius 2 is 1.85 bits per heavy atom. The van der Waals surface area contributed by atoms with E-state index in [9.17, 15) is 24.4 Å². The van der Waals surface area contributed by atoms with Gasteiger partial charge in [0.05, 0.1) is 6.54 Å². The molecule has 0 radical (unpaired) electrons. The molecule has 6 N–H and O–H groups in total. The average molecular weight is 492 g/mol. The summed E-state index contributed by atoms with van der Waals surface area (Å²) in [4.78, 5) is 47.5.